The van der Waals surface area contributed by atoms with Crippen LogP contribution in [-0.4, -0.2) is 21.7 Å². The summed E-state index contributed by atoms with van der Waals surface area (Å²) >= 11 is 7.99. The van der Waals surface area contributed by atoms with Gasteiger partial charge in [-0.25, -0.2) is 9.97 Å². The minimum Gasteiger partial charge on any atom is -0.504 e. The molecule has 1 N–H and O–H groups in total. The van der Waals surface area contributed by atoms with E-state index in [2.05, 4.69) is 9.97 Å². The molecular weight excluding hydrogens is 296 g/mol. The van der Waals surface area contributed by atoms with Crippen molar-refractivity contribution in [1.82, 2.24) is 9.97 Å². The summed E-state index contributed by atoms with van der Waals surface area (Å²) in [7, 11) is 0. The van der Waals surface area contributed by atoms with Gasteiger partial charge in [0.15, 0.2) is 17.3 Å². The quantitative estimate of drug-likeness (QED) is 0.877. The molecule has 1 aromatic carbocycles. The first-order chi connectivity index (χ1) is 9.69. The zero-order valence-electron chi connectivity index (χ0n) is 10.9. The first-order valence-electron chi connectivity index (χ1n) is 6.28. The van der Waals surface area contributed by atoms with Gasteiger partial charge >= 0.3 is 0 Å². The first-order valence-corrected chi connectivity index (χ1v) is 7.81. The van der Waals surface area contributed by atoms with E-state index < -0.39 is 0 Å². The van der Waals surface area contributed by atoms with E-state index in [0.717, 1.165) is 28.3 Å². The monoisotopic (exact) mass is 308 g/mol. The molecule has 0 spiro atoms. The van der Waals surface area contributed by atoms with Crippen molar-refractivity contribution in [3.63, 3.8) is 0 Å². The number of aromatic nitrogens is 2. The third kappa shape index (κ3) is 2.43. The third-order valence-electron chi connectivity index (χ3n) is 3.05. The number of aromatic hydroxyl groups is 1. The van der Waals surface area contributed by atoms with E-state index in [1.54, 1.807) is 30.0 Å². The van der Waals surface area contributed by atoms with Gasteiger partial charge in [-0.2, -0.15) is 11.8 Å². The van der Waals surface area contributed by atoms with Gasteiger partial charge in [0, 0.05) is 22.6 Å². The molecule has 1 aliphatic rings. The SMILES string of the molecule is CCOc1cc(-c2nc(Cl)c3c(n2)CSC3)ccc1O. The number of hydrogen-bond acceptors (Lipinski definition) is 5. The van der Waals surface area contributed by atoms with Crippen LogP contribution < -0.4 is 4.74 Å². The Morgan fingerprint density at radius 3 is 3.00 bits per heavy atom. The molecule has 2 heterocycles. The largest absolute Gasteiger partial charge is 0.504 e. The summed E-state index contributed by atoms with van der Waals surface area (Å²) in [6, 6.07) is 5.08. The summed E-state index contributed by atoms with van der Waals surface area (Å²) in [5.74, 6) is 2.84. The van der Waals surface area contributed by atoms with Gasteiger partial charge in [-0.1, -0.05) is 11.6 Å². The van der Waals surface area contributed by atoms with Gasteiger partial charge in [0.05, 0.1) is 12.3 Å². The Balaban J connectivity index is 2.05. The highest BCUT2D eigenvalue weighted by molar-refractivity contribution is 7.98. The Hall–Kier alpha value is -1.46. The van der Waals surface area contributed by atoms with Crippen molar-refractivity contribution in [3.05, 3.63) is 34.6 Å². The second-order valence-electron chi connectivity index (χ2n) is 4.37. The molecule has 0 saturated carbocycles. The molecule has 6 heteroatoms. The number of nitrogens with zero attached hydrogens (tertiary/aromatic N) is 2. The fourth-order valence-electron chi connectivity index (χ4n) is 2.07. The highest BCUT2D eigenvalue weighted by Crippen LogP contribution is 2.35. The van der Waals surface area contributed by atoms with Crippen molar-refractivity contribution < 1.29 is 9.84 Å². The Kier molecular flexibility index (Phi) is 3.72. The number of fused-ring (bicyclic) bond motifs is 1. The number of hydrogen-bond donors (Lipinski definition) is 1. The molecule has 1 aliphatic heterocycles. The van der Waals surface area contributed by atoms with Crippen LogP contribution in [0, 0.1) is 0 Å². The van der Waals surface area contributed by atoms with Crippen LogP contribution in [0.1, 0.15) is 18.2 Å². The van der Waals surface area contributed by atoms with Crippen molar-refractivity contribution in [2.24, 2.45) is 0 Å². The van der Waals surface area contributed by atoms with Crippen molar-refractivity contribution in [3.8, 4) is 22.9 Å². The van der Waals surface area contributed by atoms with Crippen molar-refractivity contribution in [1.29, 1.82) is 0 Å². The molecule has 20 heavy (non-hydrogen) atoms. The summed E-state index contributed by atoms with van der Waals surface area (Å²) < 4.78 is 5.38. The predicted octanol–water partition coefficient (Wildman–Crippen LogP) is 3.65. The van der Waals surface area contributed by atoms with Crippen molar-refractivity contribution in [2.45, 2.75) is 18.4 Å². The van der Waals surface area contributed by atoms with Crippen molar-refractivity contribution in [2.75, 3.05) is 6.61 Å². The normalized spacial score (nSPS) is 13.3. The molecule has 0 unspecified atom stereocenters. The first kappa shape index (κ1) is 13.5. The van der Waals surface area contributed by atoms with Crippen molar-refractivity contribution >= 4 is 23.4 Å². The van der Waals surface area contributed by atoms with Gasteiger partial charge in [0.25, 0.3) is 0 Å². The minimum absolute atomic E-state index is 0.110. The molecular formula is C14H13ClN2O2S. The van der Waals surface area contributed by atoms with E-state index in [1.165, 1.54) is 0 Å². The number of phenols is 1. The Morgan fingerprint density at radius 2 is 2.20 bits per heavy atom. The van der Waals surface area contributed by atoms with Crippen LogP contribution in [0.3, 0.4) is 0 Å². The van der Waals surface area contributed by atoms with Crippen LogP contribution in [0.15, 0.2) is 18.2 Å². The summed E-state index contributed by atoms with van der Waals surface area (Å²) in [4.78, 5) is 8.91. The summed E-state index contributed by atoms with van der Waals surface area (Å²) in [6.45, 7) is 2.35. The van der Waals surface area contributed by atoms with Gasteiger partial charge < -0.3 is 9.84 Å². The van der Waals surface area contributed by atoms with Gasteiger partial charge in [0.1, 0.15) is 5.15 Å². The predicted molar refractivity (Wildman–Crippen MR) is 80.3 cm³/mol. The molecule has 0 aliphatic carbocycles. The zero-order valence-corrected chi connectivity index (χ0v) is 12.5. The van der Waals surface area contributed by atoms with E-state index in [1.807, 2.05) is 6.92 Å². The van der Waals surface area contributed by atoms with Crippen LogP contribution >= 0.6 is 23.4 Å². The number of benzene rings is 1. The van der Waals surface area contributed by atoms with Crippen LogP contribution in [0.4, 0.5) is 0 Å². The summed E-state index contributed by atoms with van der Waals surface area (Å²) in [5.41, 5.74) is 2.81. The second kappa shape index (κ2) is 5.50. The lowest BCUT2D eigenvalue weighted by molar-refractivity contribution is 0.318. The van der Waals surface area contributed by atoms with Gasteiger partial charge in [0.2, 0.25) is 0 Å². The lowest BCUT2D eigenvalue weighted by Gasteiger charge is -2.09. The molecule has 0 fully saturated rings. The van der Waals surface area contributed by atoms with E-state index in [-0.39, 0.29) is 5.75 Å². The smallest absolute Gasteiger partial charge is 0.161 e. The minimum atomic E-state index is 0.110. The molecule has 2 aromatic rings. The lowest BCUT2D eigenvalue weighted by Crippen LogP contribution is -1.98. The van der Waals surface area contributed by atoms with Crippen LogP contribution in [0.25, 0.3) is 11.4 Å². The van der Waals surface area contributed by atoms with Gasteiger partial charge in [-0.05, 0) is 25.1 Å². The van der Waals surface area contributed by atoms with Gasteiger partial charge in [-0.3, -0.25) is 0 Å². The van der Waals surface area contributed by atoms with E-state index in [0.29, 0.717) is 23.3 Å². The Labute approximate surface area is 126 Å². The topological polar surface area (TPSA) is 55.2 Å². The number of thioether (sulfide) groups is 1. The fraction of sp³-hybridized carbons (Fsp3) is 0.286. The van der Waals surface area contributed by atoms with E-state index >= 15 is 0 Å². The number of halogens is 1. The fourth-order valence-corrected chi connectivity index (χ4v) is 3.44. The average Bonchev–Trinajstić information content (AvgIpc) is 2.90. The zero-order chi connectivity index (χ0) is 14.1. The van der Waals surface area contributed by atoms with Crippen LogP contribution in [-0.2, 0) is 11.5 Å². The van der Waals surface area contributed by atoms with E-state index in [4.69, 9.17) is 16.3 Å². The molecule has 0 bridgehead atoms. The maximum Gasteiger partial charge on any atom is 0.161 e. The molecule has 0 atom stereocenters. The number of ether oxygens (including phenoxy) is 1. The lowest BCUT2D eigenvalue weighted by atomic mass is 10.1. The van der Waals surface area contributed by atoms with Crippen LogP contribution in [0.2, 0.25) is 5.15 Å². The third-order valence-corrected chi connectivity index (χ3v) is 4.33. The summed E-state index contributed by atoms with van der Waals surface area (Å²) in [6.07, 6.45) is 0. The molecule has 104 valence electrons. The molecule has 1 aromatic heterocycles. The molecule has 0 amide bonds. The highest BCUT2D eigenvalue weighted by atomic mass is 35.5. The standard InChI is InChI=1S/C14H13ClN2O2S/c1-2-19-12-5-8(3-4-11(12)18)14-16-10-7-20-6-9(10)13(15)17-14/h3-5,18H,2,6-7H2,1H3. The molecule has 0 saturated heterocycles. The number of phenolic OH excluding ortho intramolecular Hbond substituents is 1. The average molecular weight is 309 g/mol. The maximum atomic E-state index is 9.73. The molecule has 4 nitrogen and oxygen atoms in total. The highest BCUT2D eigenvalue weighted by Gasteiger charge is 2.19. The molecule has 3 rings (SSSR count). The Morgan fingerprint density at radius 1 is 1.35 bits per heavy atom. The van der Waals surface area contributed by atoms with Crippen LogP contribution in [0.5, 0.6) is 11.5 Å². The maximum absolute atomic E-state index is 9.73. The van der Waals surface area contributed by atoms with E-state index in [9.17, 15) is 5.11 Å². The van der Waals surface area contributed by atoms with Gasteiger partial charge in [-0.15, -0.1) is 0 Å². The summed E-state index contributed by atoms with van der Waals surface area (Å²) in [5, 5.41) is 10.2. The Bertz CT molecular complexity index is 664. The second-order valence-corrected chi connectivity index (χ2v) is 5.72. The number of rotatable bonds is 3. The molecule has 0 radical (unpaired) electrons.